The Hall–Kier alpha value is -6.08. The van der Waals surface area contributed by atoms with Crippen molar-refractivity contribution in [3.05, 3.63) is 158 Å². The van der Waals surface area contributed by atoms with E-state index in [2.05, 4.69) is 146 Å². The summed E-state index contributed by atoms with van der Waals surface area (Å²) in [5.74, 6) is 1.43. The van der Waals surface area contributed by atoms with Crippen molar-refractivity contribution in [2.24, 2.45) is 0 Å². The molecule has 0 spiro atoms. The molecule has 0 radical (unpaired) electrons. The highest BCUT2D eigenvalue weighted by Gasteiger charge is 2.19. The fraction of sp³-hybridized carbons (Fsp3) is 0. The van der Waals surface area contributed by atoms with E-state index in [1.54, 1.807) is 22.7 Å². The van der Waals surface area contributed by atoms with Crippen molar-refractivity contribution in [2.45, 2.75) is 0 Å². The Morgan fingerprint density at radius 3 is 1.16 bits per heavy atom. The Morgan fingerprint density at radius 1 is 0.320 bits per heavy atom. The summed E-state index contributed by atoms with van der Waals surface area (Å²) >= 11 is 3.43. The van der Waals surface area contributed by atoms with Crippen LogP contribution in [0.25, 0.3) is 97.0 Å². The van der Waals surface area contributed by atoms with Crippen molar-refractivity contribution < 1.29 is 0 Å². The number of nitrogens with zero attached hydrogens (tertiary/aromatic N) is 4. The first-order valence-electron chi connectivity index (χ1n) is 16.5. The van der Waals surface area contributed by atoms with Crippen LogP contribution < -0.4 is 0 Å². The highest BCUT2D eigenvalue weighted by molar-refractivity contribution is 7.26. The lowest BCUT2D eigenvalue weighted by atomic mass is 10.00. The quantitative estimate of drug-likeness (QED) is 0.182. The molecule has 6 heteroatoms. The molecule has 0 atom stereocenters. The molecule has 0 saturated heterocycles. The molecule has 234 valence electrons. The molecule has 4 heterocycles. The van der Waals surface area contributed by atoms with Crippen molar-refractivity contribution in [2.75, 3.05) is 0 Å². The Balaban J connectivity index is 1.10. The lowest BCUT2D eigenvalue weighted by Crippen LogP contribution is -1.95. The molecule has 10 rings (SSSR count). The minimum absolute atomic E-state index is 0.715. The monoisotopic (exact) mass is 674 g/mol. The molecule has 10 aromatic rings. The summed E-state index contributed by atoms with van der Waals surface area (Å²) in [5, 5.41) is 4.59. The Bertz CT molecular complexity index is 2680. The van der Waals surface area contributed by atoms with E-state index in [-0.39, 0.29) is 0 Å². The van der Waals surface area contributed by atoms with Crippen LogP contribution in [-0.2, 0) is 0 Å². The van der Waals surface area contributed by atoms with E-state index >= 15 is 0 Å². The van der Waals surface area contributed by atoms with Gasteiger partial charge in [0.25, 0.3) is 0 Å². The Morgan fingerprint density at radius 2 is 0.700 bits per heavy atom. The molecule has 0 unspecified atom stereocenters. The topological polar surface area (TPSA) is 51.6 Å². The van der Waals surface area contributed by atoms with Gasteiger partial charge in [-0.15, -0.1) is 22.7 Å². The van der Waals surface area contributed by atoms with Crippen LogP contribution in [0.1, 0.15) is 0 Å². The number of rotatable bonds is 5. The second-order valence-corrected chi connectivity index (χ2v) is 14.3. The summed E-state index contributed by atoms with van der Waals surface area (Å²) < 4.78 is 2.42. The molecule has 0 fully saturated rings. The van der Waals surface area contributed by atoms with Gasteiger partial charge in [0.05, 0.1) is 11.4 Å². The smallest absolute Gasteiger partial charge is 0.161 e. The third-order valence-corrected chi connectivity index (χ3v) is 11.3. The lowest BCUT2D eigenvalue weighted by Gasteiger charge is -2.10. The molecule has 0 aliphatic rings. The van der Waals surface area contributed by atoms with Crippen LogP contribution in [0.15, 0.2) is 158 Å². The average Bonchev–Trinajstić information content (AvgIpc) is 3.76. The van der Waals surface area contributed by atoms with Crippen LogP contribution >= 0.6 is 22.7 Å². The van der Waals surface area contributed by atoms with Gasteiger partial charge >= 0.3 is 0 Å². The van der Waals surface area contributed by atoms with Gasteiger partial charge in [-0.05, 0) is 35.4 Å². The first-order chi connectivity index (χ1) is 24.8. The highest BCUT2D eigenvalue weighted by Crippen LogP contribution is 2.41. The maximum absolute atomic E-state index is 5.23. The van der Waals surface area contributed by atoms with Crippen molar-refractivity contribution in [1.82, 2.24) is 19.9 Å². The van der Waals surface area contributed by atoms with Gasteiger partial charge in [0.15, 0.2) is 11.6 Å². The van der Waals surface area contributed by atoms with Gasteiger partial charge in [-0.2, -0.15) is 0 Å². The van der Waals surface area contributed by atoms with Crippen LogP contribution in [0.3, 0.4) is 0 Å². The second-order valence-electron chi connectivity index (χ2n) is 12.2. The van der Waals surface area contributed by atoms with Gasteiger partial charge in [0, 0.05) is 53.2 Å². The molecule has 4 nitrogen and oxygen atoms in total. The second kappa shape index (κ2) is 11.8. The normalized spacial score (nSPS) is 11.6. The summed E-state index contributed by atoms with van der Waals surface area (Å²) in [6.45, 7) is 0. The van der Waals surface area contributed by atoms with Gasteiger partial charge in [0.2, 0.25) is 0 Å². The summed E-state index contributed by atoms with van der Waals surface area (Å²) in [7, 11) is 0. The fourth-order valence-corrected chi connectivity index (χ4v) is 8.94. The van der Waals surface area contributed by atoms with Crippen LogP contribution in [0.5, 0.6) is 0 Å². The van der Waals surface area contributed by atoms with Gasteiger partial charge in [-0.3, -0.25) is 0 Å². The van der Waals surface area contributed by atoms with Gasteiger partial charge in [-0.1, -0.05) is 133 Å². The summed E-state index contributed by atoms with van der Waals surface area (Å²) in [6, 6.07) is 54.9. The largest absolute Gasteiger partial charge is 0.227 e. The fourth-order valence-electron chi connectivity index (χ4n) is 6.79. The van der Waals surface area contributed by atoms with E-state index in [0.29, 0.717) is 11.6 Å². The van der Waals surface area contributed by atoms with E-state index in [9.17, 15) is 0 Å². The number of aromatic nitrogens is 4. The number of thiophene rings is 2. The molecule has 50 heavy (non-hydrogen) atoms. The molecule has 0 aliphatic carbocycles. The molecular formula is C44H26N4S2. The number of fused-ring (bicyclic) bond motifs is 6. The third kappa shape index (κ3) is 4.88. The zero-order valence-corrected chi connectivity index (χ0v) is 28.2. The van der Waals surface area contributed by atoms with E-state index in [0.717, 1.165) is 65.2 Å². The van der Waals surface area contributed by atoms with Crippen LogP contribution in [0.4, 0.5) is 0 Å². The van der Waals surface area contributed by atoms with Gasteiger partial charge in [0.1, 0.15) is 9.66 Å². The van der Waals surface area contributed by atoms with Crippen LogP contribution in [0, 0.1) is 0 Å². The molecule has 4 aromatic heterocycles. The Labute approximate surface area is 296 Å². The number of benzene rings is 6. The summed E-state index contributed by atoms with van der Waals surface area (Å²) in [6.07, 6.45) is 0. The SMILES string of the molecule is c1ccc(-c2nc(-c3cccc(-c4cccc(-c5nc(-c6ccccc6)c6c(n5)sc5ccccc56)c4)c3)nc3sc4ccccc4c23)cc1. The molecule has 0 amide bonds. The standard InChI is InChI=1S/C44H26N4S2/c1-3-13-27(14-4-1)39-37-33-21-7-9-23-35(33)49-43(37)47-41(45-39)31-19-11-17-29(25-31)30-18-12-20-32(26-30)42-46-40(28-15-5-2-6-16-28)38-34-22-8-10-24-36(34)50-44(38)48-42/h1-26H. The van der Waals surface area contributed by atoms with E-state index in [1.807, 2.05) is 12.1 Å². The molecule has 0 aliphatic heterocycles. The van der Waals surface area contributed by atoms with E-state index in [1.165, 1.54) is 20.2 Å². The maximum Gasteiger partial charge on any atom is 0.161 e. The predicted octanol–water partition coefficient (Wildman–Crippen LogP) is 12.3. The average molecular weight is 675 g/mol. The zero-order chi connectivity index (χ0) is 33.0. The minimum Gasteiger partial charge on any atom is -0.227 e. The molecule has 0 bridgehead atoms. The third-order valence-electron chi connectivity index (χ3n) is 9.15. The summed E-state index contributed by atoms with van der Waals surface area (Å²) in [5.41, 5.74) is 8.18. The van der Waals surface area contributed by atoms with Crippen molar-refractivity contribution in [1.29, 1.82) is 0 Å². The molecule has 6 aromatic carbocycles. The van der Waals surface area contributed by atoms with Crippen LogP contribution in [-0.4, -0.2) is 19.9 Å². The molecular weight excluding hydrogens is 649 g/mol. The van der Waals surface area contributed by atoms with Gasteiger partial charge in [-0.25, -0.2) is 19.9 Å². The maximum atomic E-state index is 5.23. The zero-order valence-electron chi connectivity index (χ0n) is 26.6. The highest BCUT2D eigenvalue weighted by atomic mass is 32.1. The van der Waals surface area contributed by atoms with E-state index < -0.39 is 0 Å². The molecule has 0 saturated carbocycles. The van der Waals surface area contributed by atoms with Crippen molar-refractivity contribution in [3.8, 4) is 56.4 Å². The first kappa shape index (κ1) is 28.9. The lowest BCUT2D eigenvalue weighted by molar-refractivity contribution is 1.24. The predicted molar refractivity (Wildman–Crippen MR) is 211 cm³/mol. The number of hydrogen-bond acceptors (Lipinski definition) is 6. The molecule has 0 N–H and O–H groups in total. The van der Waals surface area contributed by atoms with E-state index in [4.69, 9.17) is 19.9 Å². The van der Waals surface area contributed by atoms with Crippen molar-refractivity contribution in [3.63, 3.8) is 0 Å². The number of hydrogen-bond donors (Lipinski definition) is 0. The Kier molecular flexibility index (Phi) is 6.82. The minimum atomic E-state index is 0.715. The van der Waals surface area contributed by atoms with Gasteiger partial charge < -0.3 is 0 Å². The van der Waals surface area contributed by atoms with Crippen LogP contribution in [0.2, 0.25) is 0 Å². The first-order valence-corrected chi connectivity index (χ1v) is 18.1. The van der Waals surface area contributed by atoms with Crippen molar-refractivity contribution >= 4 is 63.3 Å². The summed E-state index contributed by atoms with van der Waals surface area (Å²) in [4.78, 5) is 22.7.